The third-order valence-electron chi connectivity index (χ3n) is 3.66. The summed E-state index contributed by atoms with van der Waals surface area (Å²) in [6.07, 6.45) is 1.23. The maximum absolute atomic E-state index is 13.8. The predicted octanol–water partition coefficient (Wildman–Crippen LogP) is 2.90. The van der Waals surface area contributed by atoms with Crippen molar-refractivity contribution in [2.45, 2.75) is 0 Å². The number of methoxy groups -OCH3 is 1. The average molecular weight is 363 g/mol. The predicted molar refractivity (Wildman–Crippen MR) is 99.2 cm³/mol. The van der Waals surface area contributed by atoms with E-state index in [1.807, 2.05) is 12.1 Å². The van der Waals surface area contributed by atoms with Gasteiger partial charge in [0.2, 0.25) is 5.95 Å². The number of hydrogen-bond acceptors (Lipinski definition) is 6. The number of hydrazone groups is 1. The van der Waals surface area contributed by atoms with Gasteiger partial charge in [0.25, 0.3) is 5.56 Å². The summed E-state index contributed by atoms with van der Waals surface area (Å²) in [7, 11) is 1.48. The van der Waals surface area contributed by atoms with Crippen molar-refractivity contribution < 1.29 is 9.13 Å². The molecule has 0 saturated carbocycles. The molecule has 0 amide bonds. The van der Waals surface area contributed by atoms with Crippen molar-refractivity contribution in [3.8, 4) is 23.1 Å². The highest BCUT2D eigenvalue weighted by atomic mass is 19.1. The molecule has 27 heavy (non-hydrogen) atoms. The summed E-state index contributed by atoms with van der Waals surface area (Å²) < 4.78 is 18.8. The quantitative estimate of drug-likeness (QED) is 0.536. The van der Waals surface area contributed by atoms with Crippen LogP contribution in [-0.2, 0) is 0 Å². The Bertz CT molecular complexity index is 1090. The molecule has 0 aliphatic carbocycles. The monoisotopic (exact) mass is 363 g/mol. The Balaban J connectivity index is 1.91. The second kappa shape index (κ2) is 7.93. The van der Waals surface area contributed by atoms with Gasteiger partial charge in [0, 0.05) is 11.1 Å². The van der Waals surface area contributed by atoms with Gasteiger partial charge in [-0.15, -0.1) is 0 Å². The molecule has 0 radical (unpaired) electrons. The van der Waals surface area contributed by atoms with E-state index in [0.717, 1.165) is 0 Å². The number of aromatic amines is 1. The van der Waals surface area contributed by atoms with Crippen LogP contribution in [0.25, 0.3) is 11.3 Å². The summed E-state index contributed by atoms with van der Waals surface area (Å²) in [5, 5.41) is 13.1. The molecule has 3 rings (SSSR count). The molecule has 0 atom stereocenters. The van der Waals surface area contributed by atoms with Gasteiger partial charge in [-0.3, -0.25) is 9.78 Å². The van der Waals surface area contributed by atoms with E-state index in [-0.39, 0.29) is 22.8 Å². The maximum Gasteiger partial charge on any atom is 0.270 e. The number of halogens is 1. The molecule has 0 saturated heterocycles. The fourth-order valence-electron chi connectivity index (χ4n) is 2.35. The molecule has 0 unspecified atom stereocenters. The number of benzene rings is 2. The Hall–Kier alpha value is -3.99. The van der Waals surface area contributed by atoms with Gasteiger partial charge in [0.1, 0.15) is 23.2 Å². The van der Waals surface area contributed by atoms with E-state index in [4.69, 9.17) is 4.74 Å². The van der Waals surface area contributed by atoms with Crippen LogP contribution in [0, 0.1) is 17.1 Å². The van der Waals surface area contributed by atoms with Crippen LogP contribution in [0.3, 0.4) is 0 Å². The lowest BCUT2D eigenvalue weighted by Gasteiger charge is -2.06. The van der Waals surface area contributed by atoms with Gasteiger partial charge in [-0.2, -0.15) is 10.4 Å². The number of rotatable bonds is 5. The molecule has 0 spiro atoms. The fourth-order valence-corrected chi connectivity index (χ4v) is 2.35. The minimum Gasteiger partial charge on any atom is -0.497 e. The molecule has 7 nitrogen and oxygen atoms in total. The van der Waals surface area contributed by atoms with Gasteiger partial charge in [0.05, 0.1) is 19.0 Å². The lowest BCUT2D eigenvalue weighted by atomic mass is 10.1. The SMILES string of the molecule is COc1ccc(F)c(C=NNc2nc(-c3ccccc3)c(C#N)c(=O)[nH]2)c1. The Kier molecular flexibility index (Phi) is 5.23. The molecule has 0 bridgehead atoms. The van der Waals surface area contributed by atoms with E-state index in [2.05, 4.69) is 20.5 Å². The first kappa shape index (κ1) is 17.8. The highest BCUT2D eigenvalue weighted by Gasteiger charge is 2.12. The maximum atomic E-state index is 13.8. The van der Waals surface area contributed by atoms with Gasteiger partial charge in [0.15, 0.2) is 0 Å². The molecular weight excluding hydrogens is 349 g/mol. The van der Waals surface area contributed by atoms with Crippen molar-refractivity contribution in [2.75, 3.05) is 12.5 Å². The van der Waals surface area contributed by atoms with Crippen molar-refractivity contribution in [1.29, 1.82) is 5.26 Å². The topological polar surface area (TPSA) is 103 Å². The average Bonchev–Trinajstić information content (AvgIpc) is 2.69. The minimum atomic E-state index is -0.600. The third-order valence-corrected chi connectivity index (χ3v) is 3.66. The highest BCUT2D eigenvalue weighted by molar-refractivity contribution is 5.81. The number of ether oxygens (including phenoxy) is 1. The van der Waals surface area contributed by atoms with Crippen LogP contribution in [-0.4, -0.2) is 23.3 Å². The molecule has 0 fully saturated rings. The zero-order valence-corrected chi connectivity index (χ0v) is 14.2. The molecule has 1 heterocycles. The number of H-pyrrole nitrogens is 1. The molecule has 1 aromatic heterocycles. The molecule has 134 valence electrons. The zero-order valence-electron chi connectivity index (χ0n) is 14.2. The van der Waals surface area contributed by atoms with Gasteiger partial charge >= 0.3 is 0 Å². The molecule has 3 aromatic rings. The molecule has 0 aliphatic rings. The Morgan fingerprint density at radius 1 is 1.30 bits per heavy atom. The Labute approximate surface area is 153 Å². The fraction of sp³-hybridized carbons (Fsp3) is 0.0526. The summed E-state index contributed by atoms with van der Waals surface area (Å²) in [4.78, 5) is 18.8. The second-order valence-corrected chi connectivity index (χ2v) is 5.37. The van der Waals surface area contributed by atoms with E-state index >= 15 is 0 Å². The van der Waals surface area contributed by atoms with Crippen LogP contribution >= 0.6 is 0 Å². The molecule has 2 aromatic carbocycles. The normalized spacial score (nSPS) is 10.6. The summed E-state index contributed by atoms with van der Waals surface area (Å²) in [5.41, 5.74) is 2.88. The van der Waals surface area contributed by atoms with Crippen molar-refractivity contribution in [1.82, 2.24) is 9.97 Å². The smallest absolute Gasteiger partial charge is 0.270 e. The first-order chi connectivity index (χ1) is 13.1. The summed E-state index contributed by atoms with van der Waals surface area (Å²) >= 11 is 0. The van der Waals surface area contributed by atoms with Gasteiger partial charge in [-0.05, 0) is 18.2 Å². The molecule has 0 aliphatic heterocycles. The lowest BCUT2D eigenvalue weighted by molar-refractivity contribution is 0.413. The van der Waals surface area contributed by atoms with Crippen molar-refractivity contribution in [2.24, 2.45) is 5.10 Å². The molecule has 8 heteroatoms. The first-order valence-corrected chi connectivity index (χ1v) is 7.85. The Morgan fingerprint density at radius 3 is 2.78 bits per heavy atom. The number of hydrogen-bond donors (Lipinski definition) is 2. The van der Waals surface area contributed by atoms with Crippen LogP contribution in [0.5, 0.6) is 5.75 Å². The number of nitrogens with one attached hydrogen (secondary N) is 2. The minimum absolute atomic E-state index is 0.0254. The number of nitriles is 1. The first-order valence-electron chi connectivity index (χ1n) is 7.85. The van der Waals surface area contributed by atoms with Gasteiger partial charge in [-0.25, -0.2) is 14.8 Å². The highest BCUT2D eigenvalue weighted by Crippen LogP contribution is 2.19. The van der Waals surface area contributed by atoms with Crippen LogP contribution in [0.1, 0.15) is 11.1 Å². The van der Waals surface area contributed by atoms with Crippen molar-refractivity contribution in [3.63, 3.8) is 0 Å². The molecular formula is C19H14FN5O2. The Morgan fingerprint density at radius 2 is 2.07 bits per heavy atom. The lowest BCUT2D eigenvalue weighted by Crippen LogP contribution is -2.16. The molecule has 2 N–H and O–H groups in total. The summed E-state index contributed by atoms with van der Waals surface area (Å²) in [5.74, 6) is 0.0270. The summed E-state index contributed by atoms with van der Waals surface area (Å²) in [6, 6.07) is 14.9. The van der Waals surface area contributed by atoms with Crippen LogP contribution < -0.4 is 15.7 Å². The van der Waals surface area contributed by atoms with Crippen LogP contribution in [0.4, 0.5) is 10.3 Å². The third kappa shape index (κ3) is 3.99. The largest absolute Gasteiger partial charge is 0.497 e. The van der Waals surface area contributed by atoms with Crippen LogP contribution in [0.15, 0.2) is 58.4 Å². The number of anilines is 1. The van der Waals surface area contributed by atoms with E-state index in [9.17, 15) is 14.4 Å². The van der Waals surface area contributed by atoms with Crippen molar-refractivity contribution in [3.05, 3.63) is 75.8 Å². The zero-order chi connectivity index (χ0) is 19.2. The van der Waals surface area contributed by atoms with Gasteiger partial charge in [-0.1, -0.05) is 30.3 Å². The van der Waals surface area contributed by atoms with Gasteiger partial charge < -0.3 is 4.74 Å². The second-order valence-electron chi connectivity index (χ2n) is 5.37. The standard InChI is InChI=1S/C19H14FN5O2/c1-27-14-7-8-16(20)13(9-14)11-22-25-19-23-17(12-5-3-2-4-6-12)15(10-21)18(26)24-19/h2-9,11H,1H3,(H2,23,24,25,26). The van der Waals surface area contributed by atoms with E-state index in [1.54, 1.807) is 24.3 Å². The summed E-state index contributed by atoms with van der Waals surface area (Å²) in [6.45, 7) is 0. The van der Waals surface area contributed by atoms with E-state index in [1.165, 1.54) is 31.5 Å². The van der Waals surface area contributed by atoms with Crippen molar-refractivity contribution >= 4 is 12.2 Å². The van der Waals surface area contributed by atoms with Crippen LogP contribution in [0.2, 0.25) is 0 Å². The van der Waals surface area contributed by atoms with E-state index < -0.39 is 11.4 Å². The van der Waals surface area contributed by atoms with E-state index in [0.29, 0.717) is 11.3 Å². The number of nitrogens with zero attached hydrogens (tertiary/aromatic N) is 3. The number of aromatic nitrogens is 2.